The summed E-state index contributed by atoms with van der Waals surface area (Å²) < 4.78 is 0. The first-order valence-electron chi connectivity index (χ1n) is 6.06. The Morgan fingerprint density at radius 1 is 1.00 bits per heavy atom. The minimum atomic E-state index is 0.963. The summed E-state index contributed by atoms with van der Waals surface area (Å²) in [6, 6.07) is 0. The molecule has 0 saturated heterocycles. The van der Waals surface area contributed by atoms with Gasteiger partial charge in [-0.05, 0) is 37.0 Å². The Bertz CT molecular complexity index is 166. The van der Waals surface area contributed by atoms with Crippen LogP contribution in [0.5, 0.6) is 0 Å². The van der Waals surface area contributed by atoms with E-state index in [1.165, 1.54) is 44.9 Å². The van der Waals surface area contributed by atoms with Crippen LogP contribution >= 0.6 is 0 Å². The summed E-state index contributed by atoms with van der Waals surface area (Å²) in [5, 5.41) is 0. The van der Waals surface area contributed by atoms with Crippen LogP contribution in [0, 0.1) is 17.8 Å². The Labute approximate surface area is 82.4 Å². The third-order valence-corrected chi connectivity index (χ3v) is 3.75. The zero-order valence-electron chi connectivity index (χ0n) is 8.84. The van der Waals surface area contributed by atoms with E-state index in [0.29, 0.717) is 0 Å². The van der Waals surface area contributed by atoms with Gasteiger partial charge in [0, 0.05) is 0 Å². The summed E-state index contributed by atoms with van der Waals surface area (Å²) in [4.78, 5) is 0. The highest BCUT2D eigenvalue weighted by molar-refractivity contribution is 5.05. The molecule has 0 N–H and O–H groups in total. The van der Waals surface area contributed by atoms with Gasteiger partial charge in [0.25, 0.3) is 0 Å². The van der Waals surface area contributed by atoms with E-state index >= 15 is 0 Å². The lowest BCUT2D eigenvalue weighted by atomic mass is 9.78. The summed E-state index contributed by atoms with van der Waals surface area (Å²) in [5.74, 6) is 2.99. The summed E-state index contributed by atoms with van der Waals surface area (Å²) in [7, 11) is 0. The standard InChI is InChI=1S/C13H22/c1-2-3-4-5-11-8-12-6-7-13(9-11)10-12/h6-7,11-13H,2-5,8-10H2,1H3. The summed E-state index contributed by atoms with van der Waals surface area (Å²) in [6.07, 6.45) is 15.2. The molecule has 0 aromatic carbocycles. The average Bonchev–Trinajstić information content (AvgIpc) is 2.46. The SMILES string of the molecule is CCCCCC1CC2C=CC(C2)C1. The van der Waals surface area contributed by atoms with Crippen molar-refractivity contribution in [2.75, 3.05) is 0 Å². The maximum Gasteiger partial charge on any atom is -0.0225 e. The normalized spacial score (nSPS) is 36.8. The molecule has 0 amide bonds. The first kappa shape index (κ1) is 9.30. The van der Waals surface area contributed by atoms with E-state index in [0.717, 1.165) is 17.8 Å². The zero-order valence-corrected chi connectivity index (χ0v) is 8.84. The molecule has 0 aromatic rings. The third-order valence-electron chi connectivity index (χ3n) is 3.75. The molecule has 2 aliphatic rings. The molecule has 0 heterocycles. The average molecular weight is 178 g/mol. The topological polar surface area (TPSA) is 0 Å². The molecule has 0 aromatic heterocycles. The Morgan fingerprint density at radius 2 is 1.69 bits per heavy atom. The largest absolute Gasteiger partial charge is 0.0851 e. The van der Waals surface area contributed by atoms with Crippen LogP contribution in [0.2, 0.25) is 0 Å². The highest BCUT2D eigenvalue weighted by Crippen LogP contribution is 2.41. The number of fused-ring (bicyclic) bond motifs is 2. The smallest absolute Gasteiger partial charge is 0.0225 e. The molecule has 2 rings (SSSR count). The first-order valence-corrected chi connectivity index (χ1v) is 6.06. The monoisotopic (exact) mass is 178 g/mol. The lowest BCUT2D eigenvalue weighted by Crippen LogP contribution is -2.16. The Balaban J connectivity index is 1.71. The minimum absolute atomic E-state index is 0.963. The molecule has 2 atom stereocenters. The quantitative estimate of drug-likeness (QED) is 0.448. The summed E-state index contributed by atoms with van der Waals surface area (Å²) in [5.41, 5.74) is 0. The van der Waals surface area contributed by atoms with Gasteiger partial charge in [0.1, 0.15) is 0 Å². The van der Waals surface area contributed by atoms with Crippen molar-refractivity contribution in [2.45, 2.75) is 51.9 Å². The van der Waals surface area contributed by atoms with E-state index in [2.05, 4.69) is 19.1 Å². The molecule has 0 nitrogen and oxygen atoms in total. The number of rotatable bonds is 4. The predicted molar refractivity (Wildman–Crippen MR) is 57.6 cm³/mol. The number of allylic oxidation sites excluding steroid dienone is 2. The van der Waals surface area contributed by atoms with Gasteiger partial charge in [-0.2, -0.15) is 0 Å². The fourth-order valence-electron chi connectivity index (χ4n) is 3.08. The van der Waals surface area contributed by atoms with Crippen molar-refractivity contribution in [3.63, 3.8) is 0 Å². The molecular weight excluding hydrogens is 156 g/mol. The second-order valence-corrected chi connectivity index (χ2v) is 4.97. The van der Waals surface area contributed by atoms with Crippen molar-refractivity contribution >= 4 is 0 Å². The van der Waals surface area contributed by atoms with Crippen LogP contribution in [0.25, 0.3) is 0 Å². The van der Waals surface area contributed by atoms with Crippen LogP contribution in [0.15, 0.2) is 12.2 Å². The molecule has 2 aliphatic carbocycles. The van der Waals surface area contributed by atoms with Gasteiger partial charge in [0.15, 0.2) is 0 Å². The van der Waals surface area contributed by atoms with Gasteiger partial charge in [-0.1, -0.05) is 44.8 Å². The molecular formula is C13H22. The van der Waals surface area contributed by atoms with Gasteiger partial charge in [0.05, 0.1) is 0 Å². The third kappa shape index (κ3) is 2.36. The van der Waals surface area contributed by atoms with E-state index in [9.17, 15) is 0 Å². The van der Waals surface area contributed by atoms with Crippen LogP contribution in [0.1, 0.15) is 51.9 Å². The minimum Gasteiger partial charge on any atom is -0.0851 e. The van der Waals surface area contributed by atoms with Gasteiger partial charge in [-0.3, -0.25) is 0 Å². The van der Waals surface area contributed by atoms with E-state index in [1.807, 2.05) is 0 Å². The van der Waals surface area contributed by atoms with Gasteiger partial charge in [0.2, 0.25) is 0 Å². The Morgan fingerprint density at radius 3 is 2.31 bits per heavy atom. The Hall–Kier alpha value is -0.260. The summed E-state index contributed by atoms with van der Waals surface area (Å²) >= 11 is 0. The van der Waals surface area contributed by atoms with Crippen LogP contribution in [-0.4, -0.2) is 0 Å². The Kier molecular flexibility index (Phi) is 3.08. The second-order valence-electron chi connectivity index (χ2n) is 4.97. The van der Waals surface area contributed by atoms with Gasteiger partial charge in [-0.25, -0.2) is 0 Å². The molecule has 0 radical (unpaired) electrons. The lowest BCUT2D eigenvalue weighted by molar-refractivity contribution is 0.259. The molecule has 0 spiro atoms. The van der Waals surface area contributed by atoms with Crippen LogP contribution < -0.4 is 0 Å². The second kappa shape index (κ2) is 4.30. The predicted octanol–water partition coefficient (Wildman–Crippen LogP) is 4.17. The van der Waals surface area contributed by atoms with Crippen molar-refractivity contribution in [2.24, 2.45) is 17.8 Å². The van der Waals surface area contributed by atoms with Crippen molar-refractivity contribution in [1.29, 1.82) is 0 Å². The number of hydrogen-bond acceptors (Lipinski definition) is 0. The first-order chi connectivity index (χ1) is 6.38. The fourth-order valence-corrected chi connectivity index (χ4v) is 3.08. The fraction of sp³-hybridized carbons (Fsp3) is 0.846. The van der Waals surface area contributed by atoms with Crippen molar-refractivity contribution < 1.29 is 0 Å². The molecule has 74 valence electrons. The maximum atomic E-state index is 2.48. The van der Waals surface area contributed by atoms with E-state index in [4.69, 9.17) is 0 Å². The maximum absolute atomic E-state index is 2.48. The molecule has 1 fully saturated rings. The van der Waals surface area contributed by atoms with Gasteiger partial charge in [-0.15, -0.1) is 0 Å². The number of hydrogen-bond donors (Lipinski definition) is 0. The highest BCUT2D eigenvalue weighted by atomic mass is 14.3. The molecule has 0 heteroatoms. The van der Waals surface area contributed by atoms with Crippen LogP contribution in [-0.2, 0) is 0 Å². The van der Waals surface area contributed by atoms with E-state index in [-0.39, 0.29) is 0 Å². The molecule has 2 unspecified atom stereocenters. The highest BCUT2D eigenvalue weighted by Gasteiger charge is 2.29. The molecule has 1 saturated carbocycles. The van der Waals surface area contributed by atoms with Gasteiger partial charge < -0.3 is 0 Å². The van der Waals surface area contributed by atoms with Crippen molar-refractivity contribution in [3.8, 4) is 0 Å². The zero-order chi connectivity index (χ0) is 9.10. The molecule has 0 aliphatic heterocycles. The van der Waals surface area contributed by atoms with Crippen molar-refractivity contribution in [1.82, 2.24) is 0 Å². The number of unbranched alkanes of at least 4 members (excludes halogenated alkanes) is 2. The van der Waals surface area contributed by atoms with Crippen molar-refractivity contribution in [3.05, 3.63) is 12.2 Å². The van der Waals surface area contributed by atoms with Gasteiger partial charge >= 0.3 is 0 Å². The van der Waals surface area contributed by atoms with E-state index in [1.54, 1.807) is 0 Å². The van der Waals surface area contributed by atoms with E-state index < -0.39 is 0 Å². The lowest BCUT2D eigenvalue weighted by Gasteiger charge is -2.27. The van der Waals surface area contributed by atoms with Crippen LogP contribution in [0.4, 0.5) is 0 Å². The molecule has 2 bridgehead atoms. The molecule has 13 heavy (non-hydrogen) atoms. The summed E-state index contributed by atoms with van der Waals surface area (Å²) in [6.45, 7) is 2.30. The van der Waals surface area contributed by atoms with Crippen LogP contribution in [0.3, 0.4) is 0 Å².